The molecule has 2 heterocycles. The largest absolute Gasteiger partial charge is 0.361 e. The van der Waals surface area contributed by atoms with Crippen molar-refractivity contribution in [3.63, 3.8) is 0 Å². The fraction of sp³-hybridized carbons (Fsp3) is 0.500. The molecule has 0 atom stereocenters. The highest BCUT2D eigenvalue weighted by Gasteiger charge is 2.29. The van der Waals surface area contributed by atoms with Gasteiger partial charge in [-0.1, -0.05) is 6.92 Å². The van der Waals surface area contributed by atoms with Crippen LogP contribution in [0.25, 0.3) is 10.9 Å². The highest BCUT2D eigenvalue weighted by atomic mass is 32.2. The minimum atomic E-state index is -3.11. The molecule has 1 aliphatic rings. The van der Waals surface area contributed by atoms with Gasteiger partial charge in [0.15, 0.2) is 0 Å². The lowest BCUT2D eigenvalue weighted by Crippen LogP contribution is -2.39. The third-order valence-electron chi connectivity index (χ3n) is 4.43. The van der Waals surface area contributed by atoms with E-state index in [9.17, 15) is 12.8 Å². The van der Waals surface area contributed by atoms with E-state index in [1.807, 2.05) is 13.1 Å². The van der Waals surface area contributed by atoms with E-state index in [2.05, 4.69) is 4.98 Å². The molecule has 22 heavy (non-hydrogen) atoms. The third-order valence-corrected chi connectivity index (χ3v) is 6.50. The zero-order valence-corrected chi connectivity index (χ0v) is 13.5. The number of piperidine rings is 1. The second-order valence-electron chi connectivity index (χ2n) is 5.92. The number of nitrogens with one attached hydrogen (secondary N) is 1. The van der Waals surface area contributed by atoms with Crippen LogP contribution in [0.4, 0.5) is 4.39 Å². The Hall–Kier alpha value is -1.40. The Balaban J connectivity index is 1.77. The van der Waals surface area contributed by atoms with Gasteiger partial charge in [-0.25, -0.2) is 17.1 Å². The smallest absolute Gasteiger partial charge is 0.214 e. The second-order valence-corrected chi connectivity index (χ2v) is 8.01. The first-order valence-corrected chi connectivity index (χ1v) is 9.36. The SMILES string of the molecule is CCCS(=O)(=O)N1CCC(c2c[nH]c3ccc(F)cc23)CC1. The molecular formula is C16H21FN2O2S. The van der Waals surface area contributed by atoms with Crippen LogP contribution in [0.15, 0.2) is 24.4 Å². The molecule has 0 saturated carbocycles. The number of aromatic amines is 1. The standard InChI is InChI=1S/C16H21FN2O2S/c1-2-9-22(20,21)19-7-5-12(6-8-19)15-11-18-16-4-3-13(17)10-14(15)16/h3-4,10-12,18H,2,5-9H2,1H3. The zero-order chi connectivity index (χ0) is 15.7. The average molecular weight is 324 g/mol. The van der Waals surface area contributed by atoms with Crippen molar-refractivity contribution < 1.29 is 12.8 Å². The van der Waals surface area contributed by atoms with Crippen molar-refractivity contribution in [2.45, 2.75) is 32.1 Å². The van der Waals surface area contributed by atoms with Crippen molar-refractivity contribution in [3.8, 4) is 0 Å². The fourth-order valence-corrected chi connectivity index (χ4v) is 4.83. The first kappa shape index (κ1) is 15.5. The molecule has 120 valence electrons. The summed E-state index contributed by atoms with van der Waals surface area (Å²) in [5, 5.41) is 0.912. The van der Waals surface area contributed by atoms with Crippen molar-refractivity contribution in [1.29, 1.82) is 0 Å². The summed E-state index contributed by atoms with van der Waals surface area (Å²) in [7, 11) is -3.11. The van der Waals surface area contributed by atoms with Crippen LogP contribution in [-0.4, -0.2) is 36.5 Å². The minimum absolute atomic E-state index is 0.218. The summed E-state index contributed by atoms with van der Waals surface area (Å²) < 4.78 is 39.3. The zero-order valence-electron chi connectivity index (χ0n) is 12.7. The van der Waals surface area contributed by atoms with Gasteiger partial charge in [-0.15, -0.1) is 0 Å². The van der Waals surface area contributed by atoms with Gasteiger partial charge in [0, 0.05) is 30.2 Å². The van der Waals surface area contributed by atoms with Gasteiger partial charge in [-0.3, -0.25) is 0 Å². The van der Waals surface area contributed by atoms with Crippen LogP contribution in [0.5, 0.6) is 0 Å². The number of nitrogens with zero attached hydrogens (tertiary/aromatic N) is 1. The quantitative estimate of drug-likeness (QED) is 0.939. The Morgan fingerprint density at radius 1 is 1.32 bits per heavy atom. The maximum atomic E-state index is 13.5. The van der Waals surface area contributed by atoms with E-state index in [4.69, 9.17) is 0 Å². The molecular weight excluding hydrogens is 303 g/mol. The van der Waals surface area contributed by atoms with E-state index < -0.39 is 10.0 Å². The van der Waals surface area contributed by atoms with E-state index in [1.54, 1.807) is 16.4 Å². The highest BCUT2D eigenvalue weighted by Crippen LogP contribution is 2.34. The summed E-state index contributed by atoms with van der Waals surface area (Å²) in [6.07, 6.45) is 4.15. The van der Waals surface area contributed by atoms with Crippen molar-refractivity contribution in [3.05, 3.63) is 35.8 Å². The van der Waals surface area contributed by atoms with Gasteiger partial charge >= 0.3 is 0 Å². The Kier molecular flexibility index (Phi) is 4.23. The summed E-state index contributed by atoms with van der Waals surface area (Å²) >= 11 is 0. The molecule has 6 heteroatoms. The van der Waals surface area contributed by atoms with E-state index in [1.165, 1.54) is 6.07 Å². The normalized spacial score (nSPS) is 18.1. The number of benzene rings is 1. The molecule has 0 spiro atoms. The molecule has 0 aliphatic carbocycles. The summed E-state index contributed by atoms with van der Waals surface area (Å²) in [5.74, 6) is 0.260. The molecule has 1 aromatic heterocycles. The summed E-state index contributed by atoms with van der Waals surface area (Å²) in [6.45, 7) is 2.98. The Morgan fingerprint density at radius 3 is 2.73 bits per heavy atom. The number of rotatable bonds is 4. The first-order chi connectivity index (χ1) is 10.5. The van der Waals surface area contributed by atoms with Crippen LogP contribution in [0, 0.1) is 5.82 Å². The topological polar surface area (TPSA) is 53.2 Å². The lowest BCUT2D eigenvalue weighted by molar-refractivity contribution is 0.320. The molecule has 1 fully saturated rings. The Labute approximate surface area is 130 Å². The maximum absolute atomic E-state index is 13.5. The molecule has 1 aliphatic heterocycles. The molecule has 0 amide bonds. The van der Waals surface area contributed by atoms with Gasteiger partial charge in [0.25, 0.3) is 0 Å². The molecule has 0 radical (unpaired) electrons. The summed E-state index contributed by atoms with van der Waals surface area (Å²) in [4.78, 5) is 3.18. The van der Waals surface area contributed by atoms with Crippen LogP contribution in [-0.2, 0) is 10.0 Å². The molecule has 0 unspecified atom stereocenters. The lowest BCUT2D eigenvalue weighted by Gasteiger charge is -2.31. The van der Waals surface area contributed by atoms with Gasteiger partial charge in [0.2, 0.25) is 10.0 Å². The molecule has 1 aromatic carbocycles. The number of sulfonamides is 1. The van der Waals surface area contributed by atoms with Crippen LogP contribution in [0.1, 0.15) is 37.7 Å². The lowest BCUT2D eigenvalue weighted by atomic mass is 9.90. The number of halogens is 1. The highest BCUT2D eigenvalue weighted by molar-refractivity contribution is 7.89. The maximum Gasteiger partial charge on any atom is 0.214 e. The van der Waals surface area contributed by atoms with Crippen LogP contribution in [0.2, 0.25) is 0 Å². The van der Waals surface area contributed by atoms with E-state index >= 15 is 0 Å². The summed E-state index contributed by atoms with van der Waals surface area (Å²) in [6, 6.07) is 4.75. The summed E-state index contributed by atoms with van der Waals surface area (Å²) in [5.41, 5.74) is 2.03. The molecule has 3 rings (SSSR count). The molecule has 0 bridgehead atoms. The first-order valence-electron chi connectivity index (χ1n) is 7.75. The van der Waals surface area contributed by atoms with Gasteiger partial charge in [0.05, 0.1) is 5.75 Å². The van der Waals surface area contributed by atoms with Gasteiger partial charge in [-0.2, -0.15) is 0 Å². The van der Waals surface area contributed by atoms with Crippen molar-refractivity contribution in [2.75, 3.05) is 18.8 Å². The molecule has 1 saturated heterocycles. The second kappa shape index (κ2) is 6.01. The van der Waals surface area contributed by atoms with Gasteiger partial charge in [0.1, 0.15) is 5.82 Å². The minimum Gasteiger partial charge on any atom is -0.361 e. The van der Waals surface area contributed by atoms with E-state index in [0.717, 1.165) is 29.3 Å². The molecule has 2 aromatic rings. The molecule has 4 nitrogen and oxygen atoms in total. The van der Waals surface area contributed by atoms with Crippen molar-refractivity contribution >= 4 is 20.9 Å². The van der Waals surface area contributed by atoms with Gasteiger partial charge in [-0.05, 0) is 48.9 Å². The van der Waals surface area contributed by atoms with Crippen molar-refractivity contribution in [2.24, 2.45) is 0 Å². The average Bonchev–Trinajstić information content (AvgIpc) is 2.90. The van der Waals surface area contributed by atoms with Crippen LogP contribution < -0.4 is 0 Å². The van der Waals surface area contributed by atoms with E-state index in [-0.39, 0.29) is 17.5 Å². The number of hydrogen-bond donors (Lipinski definition) is 1. The van der Waals surface area contributed by atoms with Gasteiger partial charge < -0.3 is 4.98 Å². The van der Waals surface area contributed by atoms with Crippen LogP contribution >= 0.6 is 0 Å². The fourth-order valence-electron chi connectivity index (χ4n) is 3.28. The number of fused-ring (bicyclic) bond motifs is 1. The Bertz CT molecular complexity index is 762. The number of aromatic nitrogens is 1. The Morgan fingerprint density at radius 2 is 2.05 bits per heavy atom. The third kappa shape index (κ3) is 2.90. The van der Waals surface area contributed by atoms with Crippen LogP contribution in [0.3, 0.4) is 0 Å². The van der Waals surface area contributed by atoms with E-state index in [0.29, 0.717) is 19.5 Å². The number of hydrogen-bond acceptors (Lipinski definition) is 2. The predicted molar refractivity (Wildman–Crippen MR) is 85.9 cm³/mol. The molecule has 1 N–H and O–H groups in total. The van der Waals surface area contributed by atoms with Crippen molar-refractivity contribution in [1.82, 2.24) is 9.29 Å². The number of H-pyrrole nitrogens is 1. The monoisotopic (exact) mass is 324 g/mol. The predicted octanol–water partition coefficient (Wildman–Crippen LogP) is 3.23.